The summed E-state index contributed by atoms with van der Waals surface area (Å²) in [6, 6.07) is 9.51. The summed E-state index contributed by atoms with van der Waals surface area (Å²) >= 11 is 1.53. The van der Waals surface area contributed by atoms with Crippen LogP contribution in [0.2, 0.25) is 0 Å². The lowest BCUT2D eigenvalue weighted by Crippen LogP contribution is -2.41. The molecule has 1 fully saturated rings. The number of thioether (sulfide) groups is 1. The lowest BCUT2D eigenvalue weighted by molar-refractivity contribution is 0.0936. The van der Waals surface area contributed by atoms with E-state index < -0.39 is 0 Å². The number of carbonyl (C=O) groups excluding carboxylic acids is 1. The van der Waals surface area contributed by atoms with Crippen LogP contribution < -0.4 is 5.32 Å². The van der Waals surface area contributed by atoms with Gasteiger partial charge in [-0.05, 0) is 43.7 Å². The number of benzene rings is 1. The molecular weight excluding hydrogens is 284 g/mol. The Morgan fingerprint density at radius 2 is 2.10 bits per heavy atom. The predicted molar refractivity (Wildman–Crippen MR) is 84.3 cm³/mol. The SMILES string of the molecule is CSC(CO)C(C)NC(=O)c1ccc(C2(C#N)CC2)cc1. The largest absolute Gasteiger partial charge is 0.395 e. The van der Waals surface area contributed by atoms with E-state index in [4.69, 9.17) is 5.26 Å². The first kappa shape index (κ1) is 15.9. The van der Waals surface area contributed by atoms with Gasteiger partial charge in [-0.2, -0.15) is 17.0 Å². The molecule has 1 aliphatic rings. The van der Waals surface area contributed by atoms with E-state index in [0.717, 1.165) is 18.4 Å². The molecule has 5 heteroatoms. The molecule has 1 aromatic rings. The summed E-state index contributed by atoms with van der Waals surface area (Å²) in [5, 5.41) is 21.3. The molecule has 1 aromatic carbocycles. The number of hydrogen-bond acceptors (Lipinski definition) is 4. The first-order valence-electron chi connectivity index (χ1n) is 7.02. The van der Waals surface area contributed by atoms with Crippen LogP contribution in [0, 0.1) is 11.3 Å². The minimum atomic E-state index is -0.316. The van der Waals surface area contributed by atoms with Crippen molar-refractivity contribution in [2.24, 2.45) is 0 Å². The molecule has 1 amide bonds. The van der Waals surface area contributed by atoms with Crippen molar-refractivity contribution in [2.75, 3.05) is 12.9 Å². The molecule has 0 aliphatic heterocycles. The number of amides is 1. The van der Waals surface area contributed by atoms with Gasteiger partial charge in [0.15, 0.2) is 0 Å². The average molecular weight is 304 g/mol. The summed E-state index contributed by atoms with van der Waals surface area (Å²) in [5.41, 5.74) is 1.26. The van der Waals surface area contributed by atoms with Crippen LogP contribution in [0.15, 0.2) is 24.3 Å². The zero-order valence-electron chi connectivity index (χ0n) is 12.3. The molecule has 0 spiro atoms. The van der Waals surface area contributed by atoms with Crippen LogP contribution >= 0.6 is 11.8 Å². The first-order valence-corrected chi connectivity index (χ1v) is 8.31. The van der Waals surface area contributed by atoms with Crippen molar-refractivity contribution in [3.8, 4) is 6.07 Å². The van der Waals surface area contributed by atoms with E-state index >= 15 is 0 Å². The second-order valence-corrected chi connectivity index (χ2v) is 6.57. The Bertz CT molecular complexity index is 542. The molecule has 1 aliphatic carbocycles. The number of hydrogen-bond donors (Lipinski definition) is 2. The third-order valence-corrected chi connectivity index (χ3v) is 5.23. The first-order chi connectivity index (χ1) is 10.1. The lowest BCUT2D eigenvalue weighted by atomic mass is 9.96. The monoisotopic (exact) mass is 304 g/mol. The predicted octanol–water partition coefficient (Wildman–Crippen LogP) is 2.08. The molecule has 0 aromatic heterocycles. The third-order valence-electron chi connectivity index (χ3n) is 4.06. The summed E-state index contributed by atoms with van der Waals surface area (Å²) in [4.78, 5) is 12.2. The number of aliphatic hydroxyl groups excluding tert-OH is 1. The van der Waals surface area contributed by atoms with Crippen LogP contribution in [-0.4, -0.2) is 35.2 Å². The van der Waals surface area contributed by atoms with Gasteiger partial charge >= 0.3 is 0 Å². The van der Waals surface area contributed by atoms with E-state index in [1.54, 1.807) is 12.1 Å². The maximum absolute atomic E-state index is 12.2. The smallest absolute Gasteiger partial charge is 0.251 e. The van der Waals surface area contributed by atoms with Crippen molar-refractivity contribution >= 4 is 17.7 Å². The molecule has 0 bridgehead atoms. The van der Waals surface area contributed by atoms with Crippen LogP contribution in [0.5, 0.6) is 0 Å². The van der Waals surface area contributed by atoms with Gasteiger partial charge in [0.05, 0.1) is 18.1 Å². The average Bonchev–Trinajstić information content (AvgIpc) is 3.30. The summed E-state index contributed by atoms with van der Waals surface area (Å²) < 4.78 is 0. The Balaban J connectivity index is 2.02. The highest BCUT2D eigenvalue weighted by atomic mass is 32.2. The molecule has 0 radical (unpaired) electrons. The van der Waals surface area contributed by atoms with Gasteiger partial charge in [-0.25, -0.2) is 0 Å². The molecule has 112 valence electrons. The van der Waals surface area contributed by atoms with E-state index in [1.165, 1.54) is 11.8 Å². The molecule has 4 nitrogen and oxygen atoms in total. The van der Waals surface area contributed by atoms with Gasteiger partial charge in [-0.1, -0.05) is 12.1 Å². The lowest BCUT2D eigenvalue weighted by Gasteiger charge is -2.21. The number of carbonyl (C=O) groups is 1. The van der Waals surface area contributed by atoms with Crippen molar-refractivity contribution in [3.63, 3.8) is 0 Å². The number of nitrogens with one attached hydrogen (secondary N) is 1. The fraction of sp³-hybridized carbons (Fsp3) is 0.500. The number of nitrogens with zero attached hydrogens (tertiary/aromatic N) is 1. The van der Waals surface area contributed by atoms with Gasteiger partial charge < -0.3 is 10.4 Å². The summed E-state index contributed by atoms with van der Waals surface area (Å²) in [6.45, 7) is 1.92. The quantitative estimate of drug-likeness (QED) is 0.844. The number of aliphatic hydroxyl groups is 1. The molecular formula is C16H20N2O2S. The summed E-state index contributed by atoms with van der Waals surface area (Å²) in [5.74, 6) is -0.150. The molecule has 0 heterocycles. The van der Waals surface area contributed by atoms with E-state index in [0.29, 0.717) is 5.56 Å². The maximum atomic E-state index is 12.2. The topological polar surface area (TPSA) is 73.1 Å². The van der Waals surface area contributed by atoms with Gasteiger partial charge in [0.2, 0.25) is 0 Å². The standard InChI is InChI=1S/C16H20N2O2S/c1-11(14(9-19)21-2)18-15(20)12-3-5-13(6-4-12)16(10-17)7-8-16/h3-6,11,14,19H,7-9H2,1-2H3,(H,18,20). The van der Waals surface area contributed by atoms with E-state index in [9.17, 15) is 9.90 Å². The fourth-order valence-electron chi connectivity index (χ4n) is 2.35. The normalized spacial score (nSPS) is 18.4. The van der Waals surface area contributed by atoms with Crippen LogP contribution in [0.1, 0.15) is 35.7 Å². The van der Waals surface area contributed by atoms with Crippen LogP contribution in [0.25, 0.3) is 0 Å². The van der Waals surface area contributed by atoms with E-state index in [-0.39, 0.29) is 29.2 Å². The van der Waals surface area contributed by atoms with Crippen molar-refractivity contribution in [1.82, 2.24) is 5.32 Å². The minimum Gasteiger partial charge on any atom is -0.395 e. The molecule has 21 heavy (non-hydrogen) atoms. The van der Waals surface area contributed by atoms with Gasteiger partial charge in [-0.3, -0.25) is 4.79 Å². The van der Waals surface area contributed by atoms with Crippen LogP contribution in [0.4, 0.5) is 0 Å². The third kappa shape index (κ3) is 3.39. The molecule has 1 saturated carbocycles. The number of nitriles is 1. The molecule has 2 N–H and O–H groups in total. The molecule has 2 unspecified atom stereocenters. The van der Waals surface area contributed by atoms with Gasteiger partial charge in [-0.15, -0.1) is 0 Å². The van der Waals surface area contributed by atoms with Crippen molar-refractivity contribution in [2.45, 2.75) is 36.5 Å². The summed E-state index contributed by atoms with van der Waals surface area (Å²) in [6.07, 6.45) is 3.71. The fourth-order valence-corrected chi connectivity index (χ4v) is 2.98. The summed E-state index contributed by atoms with van der Waals surface area (Å²) in [7, 11) is 0. The van der Waals surface area contributed by atoms with Gasteiger partial charge in [0.25, 0.3) is 5.91 Å². The zero-order chi connectivity index (χ0) is 15.5. The Morgan fingerprint density at radius 1 is 1.48 bits per heavy atom. The van der Waals surface area contributed by atoms with E-state index in [2.05, 4.69) is 11.4 Å². The highest BCUT2D eigenvalue weighted by molar-refractivity contribution is 7.99. The Labute approximate surface area is 129 Å². The highest BCUT2D eigenvalue weighted by Gasteiger charge is 2.44. The van der Waals surface area contributed by atoms with Crippen LogP contribution in [-0.2, 0) is 5.41 Å². The Morgan fingerprint density at radius 3 is 2.52 bits per heavy atom. The maximum Gasteiger partial charge on any atom is 0.251 e. The van der Waals surface area contributed by atoms with Gasteiger partial charge in [0, 0.05) is 16.9 Å². The second kappa shape index (κ2) is 6.50. The second-order valence-electron chi connectivity index (χ2n) is 5.49. The van der Waals surface area contributed by atoms with Crippen molar-refractivity contribution < 1.29 is 9.90 Å². The van der Waals surface area contributed by atoms with E-state index in [1.807, 2.05) is 25.3 Å². The zero-order valence-corrected chi connectivity index (χ0v) is 13.1. The van der Waals surface area contributed by atoms with Gasteiger partial charge in [0.1, 0.15) is 0 Å². The van der Waals surface area contributed by atoms with Crippen molar-refractivity contribution in [3.05, 3.63) is 35.4 Å². The number of rotatable bonds is 6. The van der Waals surface area contributed by atoms with Crippen LogP contribution in [0.3, 0.4) is 0 Å². The molecule has 2 rings (SSSR count). The highest BCUT2D eigenvalue weighted by Crippen LogP contribution is 2.47. The molecule has 0 saturated heterocycles. The minimum absolute atomic E-state index is 0.0125. The molecule has 2 atom stereocenters. The Hall–Kier alpha value is -1.51. The van der Waals surface area contributed by atoms with Crippen molar-refractivity contribution in [1.29, 1.82) is 5.26 Å². The Kier molecular flexibility index (Phi) is 4.92.